The van der Waals surface area contributed by atoms with Crippen LogP contribution in [0.25, 0.3) is 10.4 Å². The number of hydrogen-bond acceptors (Lipinski definition) is 3. The van der Waals surface area contributed by atoms with Gasteiger partial charge in [0.2, 0.25) is 0 Å². The number of carbonyl (C=O) groups excluding carboxylic acids is 1. The number of thiophene rings is 1. The van der Waals surface area contributed by atoms with Gasteiger partial charge in [-0.2, -0.15) is 0 Å². The fourth-order valence-corrected chi connectivity index (χ4v) is 2.07. The highest BCUT2D eigenvalue weighted by Gasteiger charge is 2.01. The third-order valence-electron chi connectivity index (χ3n) is 1.95. The van der Waals surface area contributed by atoms with E-state index in [1.165, 1.54) is 0 Å². The third-order valence-corrected chi connectivity index (χ3v) is 2.95. The third kappa shape index (κ3) is 1.67. The molecule has 2 rings (SSSR count). The van der Waals surface area contributed by atoms with Gasteiger partial charge in [-0.05, 0) is 23.8 Å². The lowest BCUT2D eigenvalue weighted by Gasteiger charge is -1.96. The molecule has 2 N–H and O–H groups in total. The lowest BCUT2D eigenvalue weighted by atomic mass is 10.1. The summed E-state index contributed by atoms with van der Waals surface area (Å²) < 4.78 is 0. The summed E-state index contributed by atoms with van der Waals surface area (Å²) in [5, 5.41) is 1.85. The van der Waals surface area contributed by atoms with Gasteiger partial charge in [-0.1, -0.05) is 12.1 Å². The van der Waals surface area contributed by atoms with Crippen LogP contribution in [0, 0.1) is 0 Å². The number of nitrogen functional groups attached to an aromatic ring is 1. The van der Waals surface area contributed by atoms with Crippen LogP contribution in [0.3, 0.4) is 0 Å². The minimum atomic E-state index is 0.724. The molecule has 0 fully saturated rings. The number of anilines is 1. The molecule has 0 aliphatic rings. The van der Waals surface area contributed by atoms with Crippen LogP contribution in [0.4, 0.5) is 5.69 Å². The standard InChI is InChI=1S/C11H9NOS/c12-10-3-1-9(2-4-10)11-5-8(6-13)7-14-11/h1-7H,12H2. The average molecular weight is 203 g/mol. The van der Waals surface area contributed by atoms with Gasteiger partial charge in [0.15, 0.2) is 6.29 Å². The average Bonchev–Trinajstić information content (AvgIpc) is 2.67. The molecule has 0 saturated heterocycles. The van der Waals surface area contributed by atoms with E-state index in [1.807, 2.05) is 35.7 Å². The number of benzene rings is 1. The van der Waals surface area contributed by atoms with Gasteiger partial charge in [0.25, 0.3) is 0 Å². The van der Waals surface area contributed by atoms with Crippen molar-refractivity contribution in [1.29, 1.82) is 0 Å². The summed E-state index contributed by atoms with van der Waals surface area (Å²) in [5.41, 5.74) is 8.15. The highest BCUT2D eigenvalue weighted by Crippen LogP contribution is 2.26. The minimum absolute atomic E-state index is 0.724. The van der Waals surface area contributed by atoms with Crippen molar-refractivity contribution in [3.63, 3.8) is 0 Å². The van der Waals surface area contributed by atoms with Crippen LogP contribution in [0.15, 0.2) is 35.7 Å². The number of aldehydes is 1. The Morgan fingerprint density at radius 1 is 1.21 bits per heavy atom. The summed E-state index contributed by atoms with van der Waals surface area (Å²) in [6.45, 7) is 0. The number of carbonyl (C=O) groups is 1. The van der Waals surface area contributed by atoms with Gasteiger partial charge in [-0.3, -0.25) is 4.79 Å². The fraction of sp³-hybridized carbons (Fsp3) is 0. The Bertz CT molecular complexity index is 445. The van der Waals surface area contributed by atoms with Crippen LogP contribution in [0.1, 0.15) is 10.4 Å². The van der Waals surface area contributed by atoms with Crippen molar-refractivity contribution in [3.8, 4) is 10.4 Å². The number of hydrogen-bond donors (Lipinski definition) is 1. The van der Waals surface area contributed by atoms with E-state index >= 15 is 0 Å². The molecule has 0 bridgehead atoms. The Labute approximate surface area is 86.0 Å². The summed E-state index contributed by atoms with van der Waals surface area (Å²) in [6.07, 6.45) is 0.858. The zero-order valence-corrected chi connectivity index (χ0v) is 8.25. The molecule has 2 aromatic rings. The van der Waals surface area contributed by atoms with E-state index in [0.717, 1.165) is 28.0 Å². The van der Waals surface area contributed by atoms with Crippen molar-refractivity contribution < 1.29 is 4.79 Å². The predicted octanol–water partition coefficient (Wildman–Crippen LogP) is 2.81. The quantitative estimate of drug-likeness (QED) is 0.602. The van der Waals surface area contributed by atoms with Gasteiger partial charge in [0.05, 0.1) is 0 Å². The van der Waals surface area contributed by atoms with E-state index < -0.39 is 0 Å². The Kier molecular flexibility index (Phi) is 2.33. The highest BCUT2D eigenvalue weighted by molar-refractivity contribution is 7.13. The summed E-state index contributed by atoms with van der Waals surface area (Å²) >= 11 is 1.56. The van der Waals surface area contributed by atoms with Gasteiger partial charge in [0, 0.05) is 21.5 Å². The first-order valence-electron chi connectivity index (χ1n) is 4.19. The van der Waals surface area contributed by atoms with Crippen LogP contribution >= 0.6 is 11.3 Å². The topological polar surface area (TPSA) is 43.1 Å². The first-order valence-corrected chi connectivity index (χ1v) is 5.07. The van der Waals surface area contributed by atoms with E-state index in [-0.39, 0.29) is 0 Å². The Balaban J connectivity index is 2.39. The van der Waals surface area contributed by atoms with Crippen molar-refractivity contribution >= 4 is 23.3 Å². The molecule has 1 aromatic carbocycles. The molecule has 14 heavy (non-hydrogen) atoms. The molecule has 2 nitrogen and oxygen atoms in total. The predicted molar refractivity (Wildman–Crippen MR) is 59.6 cm³/mol. The largest absolute Gasteiger partial charge is 0.399 e. The van der Waals surface area contributed by atoms with Crippen LogP contribution in [-0.4, -0.2) is 6.29 Å². The Morgan fingerprint density at radius 2 is 1.93 bits per heavy atom. The molecule has 0 amide bonds. The number of nitrogens with two attached hydrogens (primary N) is 1. The van der Waals surface area contributed by atoms with Crippen LogP contribution in [-0.2, 0) is 0 Å². The maximum Gasteiger partial charge on any atom is 0.150 e. The van der Waals surface area contributed by atoms with E-state index in [4.69, 9.17) is 5.73 Å². The molecule has 0 aliphatic carbocycles. The molecular formula is C11H9NOS. The lowest BCUT2D eigenvalue weighted by molar-refractivity contribution is 0.112. The zero-order valence-electron chi connectivity index (χ0n) is 7.44. The van der Waals surface area contributed by atoms with Gasteiger partial charge in [-0.15, -0.1) is 11.3 Å². The first kappa shape index (κ1) is 8.97. The molecular weight excluding hydrogens is 194 g/mol. The van der Waals surface area contributed by atoms with Gasteiger partial charge < -0.3 is 5.73 Å². The summed E-state index contributed by atoms with van der Waals surface area (Å²) in [7, 11) is 0. The van der Waals surface area contributed by atoms with Crippen molar-refractivity contribution in [2.24, 2.45) is 0 Å². The first-order chi connectivity index (χ1) is 6.79. The summed E-state index contributed by atoms with van der Waals surface area (Å²) in [5.74, 6) is 0. The molecule has 0 radical (unpaired) electrons. The van der Waals surface area contributed by atoms with Gasteiger partial charge >= 0.3 is 0 Å². The monoisotopic (exact) mass is 203 g/mol. The van der Waals surface area contributed by atoms with E-state index in [9.17, 15) is 4.79 Å². The van der Waals surface area contributed by atoms with Crippen LogP contribution in [0.2, 0.25) is 0 Å². The Hall–Kier alpha value is -1.61. The van der Waals surface area contributed by atoms with Crippen molar-refractivity contribution in [2.45, 2.75) is 0 Å². The van der Waals surface area contributed by atoms with E-state index in [0.29, 0.717) is 0 Å². The normalized spacial score (nSPS) is 10.0. The molecule has 70 valence electrons. The van der Waals surface area contributed by atoms with Crippen molar-refractivity contribution in [3.05, 3.63) is 41.3 Å². The second-order valence-corrected chi connectivity index (χ2v) is 3.90. The van der Waals surface area contributed by atoms with Gasteiger partial charge in [-0.25, -0.2) is 0 Å². The molecule has 0 saturated carbocycles. The molecule has 3 heteroatoms. The summed E-state index contributed by atoms with van der Waals surface area (Å²) in [6, 6.07) is 9.50. The molecule has 0 aliphatic heterocycles. The van der Waals surface area contributed by atoms with Crippen LogP contribution < -0.4 is 5.73 Å². The summed E-state index contributed by atoms with van der Waals surface area (Å²) in [4.78, 5) is 11.6. The second-order valence-electron chi connectivity index (χ2n) is 2.98. The molecule has 0 unspecified atom stereocenters. The zero-order chi connectivity index (χ0) is 9.97. The smallest absolute Gasteiger partial charge is 0.150 e. The highest BCUT2D eigenvalue weighted by atomic mass is 32.1. The lowest BCUT2D eigenvalue weighted by Crippen LogP contribution is -1.82. The molecule has 0 spiro atoms. The second kappa shape index (κ2) is 3.64. The van der Waals surface area contributed by atoms with E-state index in [1.54, 1.807) is 11.3 Å². The van der Waals surface area contributed by atoms with Gasteiger partial charge in [0.1, 0.15) is 0 Å². The Morgan fingerprint density at radius 3 is 2.50 bits per heavy atom. The SMILES string of the molecule is Nc1ccc(-c2cc(C=O)cs2)cc1. The van der Waals surface area contributed by atoms with Crippen LogP contribution in [0.5, 0.6) is 0 Å². The minimum Gasteiger partial charge on any atom is -0.399 e. The fourth-order valence-electron chi connectivity index (χ4n) is 1.21. The molecule has 1 heterocycles. The maximum atomic E-state index is 10.5. The van der Waals surface area contributed by atoms with E-state index in [2.05, 4.69) is 0 Å². The van der Waals surface area contributed by atoms with Crippen molar-refractivity contribution in [2.75, 3.05) is 5.73 Å². The molecule has 1 aromatic heterocycles. The maximum absolute atomic E-state index is 10.5. The number of rotatable bonds is 2. The molecule has 0 atom stereocenters. The van der Waals surface area contributed by atoms with Crippen molar-refractivity contribution in [1.82, 2.24) is 0 Å².